The highest BCUT2D eigenvalue weighted by molar-refractivity contribution is 8.00. The molecular weight excluding hydrogens is 1510 g/mol. The molecule has 22 heteroatoms. The fourth-order valence-corrected chi connectivity index (χ4v) is 16.6. The van der Waals surface area contributed by atoms with Crippen LogP contribution in [0.25, 0.3) is 32.7 Å². The molecule has 0 saturated carbocycles. The quantitative estimate of drug-likeness (QED) is 0.0473. The van der Waals surface area contributed by atoms with Crippen LogP contribution in [-0.2, 0) is 39.3 Å². The van der Waals surface area contributed by atoms with Gasteiger partial charge in [0.2, 0.25) is 0 Å². The number of carbonyl (C=O) groups is 3. The fraction of sp³-hybridized carbons (Fsp3) is 0.300. The van der Waals surface area contributed by atoms with Gasteiger partial charge in [-0.2, -0.15) is 5.26 Å². The van der Waals surface area contributed by atoms with Gasteiger partial charge in [0.25, 0.3) is 17.7 Å². The second-order valence-electron chi connectivity index (χ2n) is 28.6. The molecule has 0 spiro atoms. The summed E-state index contributed by atoms with van der Waals surface area (Å²) < 4.78 is 25.7. The van der Waals surface area contributed by atoms with Gasteiger partial charge in [-0.1, -0.05) is 137 Å². The molecule has 3 amide bonds. The summed E-state index contributed by atoms with van der Waals surface area (Å²) in [5.74, 6) is 1.07. The number of para-hydroxylation sites is 3. The molecule has 3 N–H and O–H groups in total. The van der Waals surface area contributed by atoms with Gasteiger partial charge < -0.3 is 54.0 Å². The minimum atomic E-state index is -0.247. The molecule has 0 atom stereocenters. The van der Waals surface area contributed by atoms with Gasteiger partial charge in [-0.05, 0) is 223 Å². The second-order valence-corrected chi connectivity index (χ2v) is 31.8. The van der Waals surface area contributed by atoms with Gasteiger partial charge in [-0.15, -0.1) is 11.8 Å². The van der Waals surface area contributed by atoms with Crippen molar-refractivity contribution < 1.29 is 23.5 Å². The molecule has 578 valence electrons. The number of ether oxygens (including phenoxy) is 1. The zero-order valence-corrected chi connectivity index (χ0v) is 66.6. The third kappa shape index (κ3) is 22.4. The Morgan fingerprint density at radius 1 is 0.455 bits per heavy atom. The average Bonchev–Trinajstić information content (AvgIpc) is 1.66. The number of carbonyl (C=O) groups excluding carboxylic acids is 3. The molecule has 0 bridgehead atoms. The molecule has 0 radical (unpaired) electrons. The average molecular weight is 1600 g/mol. The zero-order chi connectivity index (χ0) is 77.6. The minimum Gasteiger partial charge on any atom is -0.490 e. The summed E-state index contributed by atoms with van der Waals surface area (Å²) in [4.78, 5) is 54.7. The topological polar surface area (TPSA) is 161 Å². The Balaban J connectivity index is 0.000000147. The molecule has 3 aliphatic rings. The maximum atomic E-state index is 13.1. The van der Waals surface area contributed by atoms with E-state index in [1.54, 1.807) is 18.3 Å². The Morgan fingerprint density at radius 3 is 1.29 bits per heavy atom. The van der Waals surface area contributed by atoms with Gasteiger partial charge in [-0.25, -0.2) is 9.37 Å². The third-order valence-corrected chi connectivity index (χ3v) is 23.3. The molecule has 16 nitrogen and oxygen atoms in total. The number of thioether (sulfide) groups is 1. The number of halogens is 5. The standard InChI is InChI=1S/C30H31Cl2N3OS.C30H31ClFN3O2.C30H31ClN6O/c2*31-23-8-6-22(7-9-23)20-33-30(36)28-21-35(29-5-2-1-4-27(28)29)17-3-16-34-18-14-26(15-19-34)37-25-12-10-24(32)11-13-25;31-25-11-9-23(10-12-25)21-34-30(38)27-22-37(28-8-2-1-7-26(27)28)17-5-15-35-14-4-16-36(19-18-35)29-24(20-32)6-3-13-33-29/h2*1-2,4-13,21,26H,3,14-20H2,(H,33,36);1-3,6-13,22H,4-5,14-19,21H2,(H,34,38). The first-order valence-electron chi connectivity index (χ1n) is 38.7. The summed E-state index contributed by atoms with van der Waals surface area (Å²) in [5, 5.41) is 25.0. The summed E-state index contributed by atoms with van der Waals surface area (Å²) in [7, 11) is 0. The Hall–Kier alpha value is -9.65. The van der Waals surface area contributed by atoms with E-state index in [1.165, 1.54) is 29.9 Å². The van der Waals surface area contributed by atoms with E-state index >= 15 is 0 Å². The predicted molar refractivity (Wildman–Crippen MR) is 453 cm³/mol. The van der Waals surface area contributed by atoms with Crippen LogP contribution in [0.2, 0.25) is 20.1 Å². The molecule has 4 aromatic heterocycles. The summed E-state index contributed by atoms with van der Waals surface area (Å²) in [6.07, 6.45) is 16.3. The van der Waals surface area contributed by atoms with Crippen molar-refractivity contribution in [2.75, 3.05) is 76.9 Å². The van der Waals surface area contributed by atoms with Crippen LogP contribution in [-0.4, -0.2) is 134 Å². The number of nitrogens with zero attached hydrogens (tertiary/aromatic N) is 9. The molecule has 3 aliphatic heterocycles. The monoisotopic (exact) mass is 1600 g/mol. The Kier molecular flexibility index (Phi) is 28.9. The number of amides is 3. The number of likely N-dealkylation sites (tertiary alicyclic amines) is 2. The maximum Gasteiger partial charge on any atom is 0.253 e. The molecule has 3 saturated heterocycles. The maximum absolute atomic E-state index is 13.1. The highest BCUT2D eigenvalue weighted by Crippen LogP contribution is 2.33. The fourth-order valence-electron chi connectivity index (χ4n) is 14.9. The normalized spacial score (nSPS) is 14.6. The van der Waals surface area contributed by atoms with Gasteiger partial charge in [0.05, 0.1) is 22.3 Å². The second kappa shape index (κ2) is 40.2. The molecule has 112 heavy (non-hydrogen) atoms. The zero-order valence-electron chi connectivity index (χ0n) is 62.7. The van der Waals surface area contributed by atoms with Crippen LogP contribution in [0.4, 0.5) is 10.2 Å². The first-order chi connectivity index (χ1) is 54.7. The number of hydrogen-bond acceptors (Lipinski definition) is 11. The van der Waals surface area contributed by atoms with Crippen molar-refractivity contribution >= 4 is 114 Å². The lowest BCUT2D eigenvalue weighted by molar-refractivity contribution is 0.0944. The molecule has 8 aromatic carbocycles. The minimum absolute atomic E-state index is 0.0508. The summed E-state index contributed by atoms with van der Waals surface area (Å²) in [6, 6.07) is 67.2. The molecular formula is C90H93Cl4FN12O4S. The molecule has 0 aliphatic carbocycles. The van der Waals surface area contributed by atoms with Crippen LogP contribution in [0, 0.1) is 17.1 Å². The van der Waals surface area contributed by atoms with Crippen LogP contribution >= 0.6 is 58.2 Å². The summed E-state index contributed by atoms with van der Waals surface area (Å²) in [6.45, 7) is 15.0. The van der Waals surface area contributed by atoms with Crippen LogP contribution in [0.15, 0.2) is 236 Å². The number of aromatic nitrogens is 4. The number of benzene rings is 8. The number of nitrogens with one attached hydrogen (secondary N) is 3. The Bertz CT molecular complexity index is 4910. The van der Waals surface area contributed by atoms with Crippen molar-refractivity contribution in [2.45, 2.75) is 107 Å². The van der Waals surface area contributed by atoms with E-state index in [0.717, 1.165) is 202 Å². The number of anilines is 1. The van der Waals surface area contributed by atoms with Gasteiger partial charge in [0.15, 0.2) is 0 Å². The largest absolute Gasteiger partial charge is 0.490 e. The van der Waals surface area contributed by atoms with Crippen LogP contribution < -0.4 is 25.6 Å². The lowest BCUT2D eigenvalue weighted by atomic mass is 10.1. The lowest BCUT2D eigenvalue weighted by Crippen LogP contribution is -2.38. The van der Waals surface area contributed by atoms with E-state index in [0.29, 0.717) is 56.6 Å². The van der Waals surface area contributed by atoms with Crippen LogP contribution in [0.3, 0.4) is 0 Å². The van der Waals surface area contributed by atoms with Crippen molar-refractivity contribution in [3.8, 4) is 11.8 Å². The number of aryl methyl sites for hydroxylation is 3. The van der Waals surface area contributed by atoms with E-state index in [4.69, 9.17) is 51.1 Å². The number of fused-ring (bicyclic) bond motifs is 3. The first-order valence-corrected chi connectivity index (χ1v) is 41.0. The Morgan fingerprint density at radius 2 is 0.857 bits per heavy atom. The number of rotatable bonds is 26. The lowest BCUT2D eigenvalue weighted by Gasteiger charge is -2.32. The van der Waals surface area contributed by atoms with Crippen molar-refractivity contribution in [1.29, 1.82) is 5.26 Å². The molecule has 15 rings (SSSR count). The number of piperidine rings is 2. The molecule has 12 aromatic rings. The number of nitriles is 1. The predicted octanol–water partition coefficient (Wildman–Crippen LogP) is 18.9. The van der Waals surface area contributed by atoms with Crippen LogP contribution in [0.5, 0.6) is 5.75 Å². The summed E-state index contributed by atoms with van der Waals surface area (Å²) >= 11 is 25.9. The van der Waals surface area contributed by atoms with E-state index in [2.05, 4.69) is 90.6 Å². The van der Waals surface area contributed by atoms with E-state index < -0.39 is 0 Å². The Labute approximate surface area is 679 Å². The van der Waals surface area contributed by atoms with E-state index in [-0.39, 0.29) is 29.6 Å². The number of pyridine rings is 1. The third-order valence-electron chi connectivity index (χ3n) is 20.9. The van der Waals surface area contributed by atoms with Crippen molar-refractivity contribution in [1.82, 2.24) is 49.3 Å². The van der Waals surface area contributed by atoms with Gasteiger partial charge in [0, 0.05) is 160 Å². The van der Waals surface area contributed by atoms with Gasteiger partial charge in [0.1, 0.15) is 29.6 Å². The van der Waals surface area contributed by atoms with Gasteiger partial charge in [-0.3, -0.25) is 14.4 Å². The van der Waals surface area contributed by atoms with Gasteiger partial charge >= 0.3 is 0 Å². The molecule has 3 fully saturated rings. The highest BCUT2D eigenvalue weighted by atomic mass is 35.5. The van der Waals surface area contributed by atoms with Crippen molar-refractivity contribution in [2.24, 2.45) is 0 Å². The SMILES string of the molecule is N#Cc1cccnc1N1CCCN(CCCn2cc(C(=O)NCc3ccc(Cl)cc3)c3ccccc32)CC1.O=C(NCc1ccc(Cl)cc1)c1cn(CCCN2CCC(Oc3ccc(F)cc3)CC2)c2ccccc12.O=C(NCc1ccc(Cl)cc1)c1cn(CCCN2CCC(Sc3ccc(Cl)cc3)CC2)c2ccccc12. The highest BCUT2D eigenvalue weighted by Gasteiger charge is 2.25. The molecule has 7 heterocycles. The van der Waals surface area contributed by atoms with Crippen molar-refractivity contribution in [3.63, 3.8) is 0 Å². The number of hydrogen-bond donors (Lipinski definition) is 3. The van der Waals surface area contributed by atoms with Crippen LogP contribution in [0.1, 0.15) is 105 Å². The first kappa shape index (κ1) is 80.4. The molecule has 0 unspecified atom stereocenters. The summed E-state index contributed by atoms with van der Waals surface area (Å²) in [5.41, 5.74) is 9.05. The van der Waals surface area contributed by atoms with E-state index in [9.17, 15) is 24.0 Å². The smallest absolute Gasteiger partial charge is 0.253 e. The van der Waals surface area contributed by atoms with Crippen molar-refractivity contribution in [3.05, 3.63) is 296 Å². The van der Waals surface area contributed by atoms with E-state index in [1.807, 2.05) is 182 Å².